The summed E-state index contributed by atoms with van der Waals surface area (Å²) >= 11 is 0. The van der Waals surface area contributed by atoms with Crippen LogP contribution in [0.2, 0.25) is 0 Å². The summed E-state index contributed by atoms with van der Waals surface area (Å²) in [6.45, 7) is 0. The van der Waals surface area contributed by atoms with Crippen molar-refractivity contribution >= 4 is 0 Å². The quantitative estimate of drug-likeness (QED) is 0.526. The predicted molar refractivity (Wildman–Crippen MR) is 96.9 cm³/mol. The summed E-state index contributed by atoms with van der Waals surface area (Å²) in [4.78, 5) is 16.5. The Balaban J connectivity index is 1.72. The lowest BCUT2D eigenvalue weighted by atomic mass is 10.2. The monoisotopic (exact) mass is 399 g/mol. The molecule has 0 fully saturated rings. The second-order valence-electron chi connectivity index (χ2n) is 5.85. The van der Waals surface area contributed by atoms with Gasteiger partial charge in [0.05, 0.1) is 29.5 Å². The van der Waals surface area contributed by atoms with Crippen molar-refractivity contribution in [2.24, 2.45) is 0 Å². The number of pyridine rings is 1. The number of alkyl halides is 3. The summed E-state index contributed by atoms with van der Waals surface area (Å²) < 4.78 is 43.7. The van der Waals surface area contributed by atoms with Gasteiger partial charge in [-0.1, -0.05) is 0 Å². The van der Waals surface area contributed by atoms with Crippen molar-refractivity contribution in [3.05, 3.63) is 83.5 Å². The first-order valence-electron chi connectivity index (χ1n) is 8.32. The number of halogens is 3. The van der Waals surface area contributed by atoms with Gasteiger partial charge in [-0.05, 0) is 42.5 Å². The Hall–Kier alpha value is -3.95. The molecule has 0 saturated carbocycles. The fourth-order valence-corrected chi connectivity index (χ4v) is 2.70. The molecule has 4 rings (SSSR count). The highest BCUT2D eigenvalue weighted by Crippen LogP contribution is 2.24. The molecule has 0 aliphatic carbocycles. The summed E-state index contributed by atoms with van der Waals surface area (Å²) in [5.74, 6) is -0.350. The number of hydrogen-bond donors (Lipinski definition) is 0. The van der Waals surface area contributed by atoms with Crippen LogP contribution in [0.4, 0.5) is 13.2 Å². The van der Waals surface area contributed by atoms with E-state index in [0.717, 1.165) is 0 Å². The molecule has 3 aromatic heterocycles. The molecule has 0 spiro atoms. The van der Waals surface area contributed by atoms with Gasteiger partial charge in [-0.3, -0.25) is 9.78 Å². The molecular formula is C19H12F3N5O2. The van der Waals surface area contributed by atoms with Crippen molar-refractivity contribution in [2.75, 3.05) is 0 Å². The van der Waals surface area contributed by atoms with E-state index in [-0.39, 0.29) is 16.9 Å². The maximum Gasteiger partial charge on any atom is 0.573 e. The first kappa shape index (κ1) is 18.4. The van der Waals surface area contributed by atoms with Gasteiger partial charge in [-0.25, -0.2) is 9.36 Å². The van der Waals surface area contributed by atoms with Crippen molar-refractivity contribution in [3.63, 3.8) is 0 Å². The van der Waals surface area contributed by atoms with Crippen molar-refractivity contribution in [1.29, 1.82) is 0 Å². The van der Waals surface area contributed by atoms with E-state index >= 15 is 0 Å². The molecule has 146 valence electrons. The Bertz CT molecular complexity index is 1180. The SMILES string of the molecule is O=c1ccn(-c2ccc(OC(F)(F)F)cc2)nc1-c1ccnn1-c1cccnc1. The molecule has 0 N–H and O–H groups in total. The zero-order chi connectivity index (χ0) is 20.4. The maximum absolute atomic E-state index is 12.4. The van der Waals surface area contributed by atoms with Crippen LogP contribution in [0.5, 0.6) is 5.75 Å². The molecule has 0 amide bonds. The summed E-state index contributed by atoms with van der Waals surface area (Å²) in [6, 6.07) is 11.6. The highest BCUT2D eigenvalue weighted by molar-refractivity contribution is 5.57. The van der Waals surface area contributed by atoms with Crippen LogP contribution < -0.4 is 10.2 Å². The second kappa shape index (κ2) is 7.23. The normalized spacial score (nSPS) is 11.4. The average Bonchev–Trinajstić information content (AvgIpc) is 3.18. The zero-order valence-electron chi connectivity index (χ0n) is 14.6. The van der Waals surface area contributed by atoms with E-state index in [1.165, 1.54) is 52.1 Å². The highest BCUT2D eigenvalue weighted by Gasteiger charge is 2.31. The Morgan fingerprint density at radius 2 is 1.72 bits per heavy atom. The molecule has 1 aromatic carbocycles. The van der Waals surface area contributed by atoms with Gasteiger partial charge in [0.1, 0.15) is 5.75 Å². The lowest BCUT2D eigenvalue weighted by molar-refractivity contribution is -0.274. The van der Waals surface area contributed by atoms with Gasteiger partial charge in [0, 0.05) is 18.5 Å². The molecule has 0 atom stereocenters. The second-order valence-corrected chi connectivity index (χ2v) is 5.85. The maximum atomic E-state index is 12.4. The van der Waals surface area contributed by atoms with Gasteiger partial charge in [0.15, 0.2) is 5.69 Å². The smallest absolute Gasteiger partial charge is 0.406 e. The number of aromatic nitrogens is 5. The van der Waals surface area contributed by atoms with Crippen LogP contribution in [-0.2, 0) is 0 Å². The molecule has 0 saturated heterocycles. The van der Waals surface area contributed by atoms with Gasteiger partial charge < -0.3 is 4.74 Å². The fraction of sp³-hybridized carbons (Fsp3) is 0.0526. The van der Waals surface area contributed by atoms with Crippen LogP contribution in [0, 0.1) is 0 Å². The van der Waals surface area contributed by atoms with Crippen LogP contribution in [0.15, 0.2) is 78.1 Å². The lowest BCUT2D eigenvalue weighted by Crippen LogP contribution is -2.17. The average molecular weight is 399 g/mol. The van der Waals surface area contributed by atoms with E-state index in [1.807, 2.05) is 0 Å². The molecular weight excluding hydrogens is 387 g/mol. The number of benzene rings is 1. The molecule has 7 nitrogen and oxygen atoms in total. The minimum Gasteiger partial charge on any atom is -0.406 e. The third-order valence-corrected chi connectivity index (χ3v) is 3.92. The predicted octanol–water partition coefficient (Wildman–Crippen LogP) is 3.38. The highest BCUT2D eigenvalue weighted by atomic mass is 19.4. The van der Waals surface area contributed by atoms with Crippen molar-refractivity contribution < 1.29 is 17.9 Å². The molecule has 0 bridgehead atoms. The van der Waals surface area contributed by atoms with E-state index in [4.69, 9.17) is 0 Å². The van der Waals surface area contributed by atoms with Crippen LogP contribution in [-0.4, -0.2) is 30.9 Å². The van der Waals surface area contributed by atoms with Crippen LogP contribution in [0.3, 0.4) is 0 Å². The van der Waals surface area contributed by atoms with E-state index in [2.05, 4.69) is 19.9 Å². The van der Waals surface area contributed by atoms with Crippen LogP contribution >= 0.6 is 0 Å². The van der Waals surface area contributed by atoms with Crippen molar-refractivity contribution in [1.82, 2.24) is 24.5 Å². The van der Waals surface area contributed by atoms with Gasteiger partial charge in [0.2, 0.25) is 5.43 Å². The van der Waals surface area contributed by atoms with Crippen molar-refractivity contribution in [2.45, 2.75) is 6.36 Å². The minimum atomic E-state index is -4.77. The standard InChI is InChI=1S/C19H12F3N5O2/c20-19(21,22)29-15-5-3-13(4-6-15)26-11-8-17(28)18(25-26)16-7-10-24-27(16)14-2-1-9-23-12-14/h1-12H. The Labute approximate surface area is 161 Å². The Morgan fingerprint density at radius 3 is 2.41 bits per heavy atom. The number of hydrogen-bond acceptors (Lipinski definition) is 5. The summed E-state index contributed by atoms with van der Waals surface area (Å²) in [5, 5.41) is 8.55. The van der Waals surface area contributed by atoms with Gasteiger partial charge >= 0.3 is 6.36 Å². The fourth-order valence-electron chi connectivity index (χ4n) is 2.70. The third kappa shape index (κ3) is 4.00. The molecule has 3 heterocycles. The Morgan fingerprint density at radius 1 is 0.931 bits per heavy atom. The topological polar surface area (TPSA) is 74.8 Å². The third-order valence-electron chi connectivity index (χ3n) is 3.92. The van der Waals surface area contributed by atoms with E-state index in [1.54, 1.807) is 30.6 Å². The molecule has 0 aliphatic heterocycles. The molecule has 29 heavy (non-hydrogen) atoms. The molecule has 0 unspecified atom stereocenters. The molecule has 4 aromatic rings. The van der Waals surface area contributed by atoms with Crippen molar-refractivity contribution in [3.8, 4) is 28.5 Å². The first-order chi connectivity index (χ1) is 13.9. The van der Waals surface area contributed by atoms with Gasteiger partial charge in [0.25, 0.3) is 0 Å². The number of ether oxygens (including phenoxy) is 1. The van der Waals surface area contributed by atoms with Gasteiger partial charge in [-0.15, -0.1) is 13.2 Å². The van der Waals surface area contributed by atoms with Gasteiger partial charge in [-0.2, -0.15) is 10.2 Å². The largest absolute Gasteiger partial charge is 0.573 e. The molecule has 10 heteroatoms. The van der Waals surface area contributed by atoms with Crippen LogP contribution in [0.25, 0.3) is 22.8 Å². The molecule has 0 radical (unpaired) electrons. The lowest BCUT2D eigenvalue weighted by Gasteiger charge is -2.11. The molecule has 0 aliphatic rings. The zero-order valence-corrected chi connectivity index (χ0v) is 14.6. The summed E-state index contributed by atoms with van der Waals surface area (Å²) in [5.41, 5.74) is 1.36. The van der Waals surface area contributed by atoms with E-state index in [9.17, 15) is 18.0 Å². The van der Waals surface area contributed by atoms with E-state index < -0.39 is 6.36 Å². The first-order valence-corrected chi connectivity index (χ1v) is 8.32. The summed E-state index contributed by atoms with van der Waals surface area (Å²) in [7, 11) is 0. The van der Waals surface area contributed by atoms with Crippen LogP contribution in [0.1, 0.15) is 0 Å². The number of nitrogens with zero attached hydrogens (tertiary/aromatic N) is 5. The minimum absolute atomic E-state index is 0.129. The number of rotatable bonds is 4. The summed E-state index contributed by atoms with van der Waals surface area (Å²) in [6.07, 6.45) is 1.40. The van der Waals surface area contributed by atoms with E-state index in [0.29, 0.717) is 17.1 Å². The Kier molecular flexibility index (Phi) is 4.59.